The molecule has 0 aliphatic heterocycles. The monoisotopic (exact) mass is 438 g/mol. The van der Waals surface area contributed by atoms with E-state index in [0.29, 0.717) is 17.2 Å². The second-order valence-corrected chi connectivity index (χ2v) is 8.03. The smallest absolute Gasteiger partial charge is 0.316 e. The Balaban J connectivity index is 1.94. The van der Waals surface area contributed by atoms with Crippen molar-refractivity contribution in [1.29, 1.82) is 0 Å². The van der Waals surface area contributed by atoms with Crippen molar-refractivity contribution in [3.8, 4) is 11.5 Å². The molecule has 2 aromatic carbocycles. The standard InChI is InChI=1S/C24H27ClN4O2/c1-14-7-8-18(13-19(14)25)31-23-16(3)12-20(22-21(23)15(2)9-11-27-22)29-17(4)6-5-10-28-24(26)30/h5,7-13,17,29H,6H2,1-4H3,(H3,26,28,30)/b10-5+. The summed E-state index contributed by atoms with van der Waals surface area (Å²) >= 11 is 6.28. The molecular weight excluding hydrogens is 412 g/mol. The van der Waals surface area contributed by atoms with Gasteiger partial charge in [-0.2, -0.15) is 0 Å². The number of carbonyl (C=O) groups excluding carboxylic acids is 1. The number of halogens is 1. The number of aromatic nitrogens is 1. The largest absolute Gasteiger partial charge is 0.456 e. The van der Waals surface area contributed by atoms with E-state index in [1.807, 2.05) is 57.2 Å². The second kappa shape index (κ2) is 9.71. The minimum Gasteiger partial charge on any atom is -0.456 e. The van der Waals surface area contributed by atoms with Crippen molar-refractivity contribution in [3.05, 3.63) is 70.5 Å². The summed E-state index contributed by atoms with van der Waals surface area (Å²) in [6.07, 6.45) is 5.91. The molecule has 1 aromatic heterocycles. The van der Waals surface area contributed by atoms with Gasteiger partial charge in [0.25, 0.3) is 0 Å². The zero-order chi connectivity index (χ0) is 22.5. The summed E-state index contributed by atoms with van der Waals surface area (Å²) in [5, 5.41) is 7.58. The maximum atomic E-state index is 10.8. The first kappa shape index (κ1) is 22.4. The molecule has 4 N–H and O–H groups in total. The van der Waals surface area contributed by atoms with Crippen LogP contribution in [-0.4, -0.2) is 17.1 Å². The Kier molecular flexibility index (Phi) is 7.02. The number of hydrogen-bond donors (Lipinski definition) is 3. The van der Waals surface area contributed by atoms with Gasteiger partial charge in [0.15, 0.2) is 0 Å². The van der Waals surface area contributed by atoms with E-state index in [2.05, 4.69) is 22.5 Å². The molecule has 2 amide bonds. The van der Waals surface area contributed by atoms with Gasteiger partial charge in [-0.1, -0.05) is 23.7 Å². The first-order valence-electron chi connectivity index (χ1n) is 10.1. The van der Waals surface area contributed by atoms with E-state index >= 15 is 0 Å². The van der Waals surface area contributed by atoms with Crippen molar-refractivity contribution in [1.82, 2.24) is 10.3 Å². The molecule has 1 unspecified atom stereocenters. The van der Waals surface area contributed by atoms with Gasteiger partial charge in [0.05, 0.1) is 11.2 Å². The SMILES string of the molecule is Cc1ccc(Oc2c(C)cc(NC(C)C/C=C/NC(N)=O)c3nccc(C)c23)cc1Cl. The third kappa shape index (κ3) is 5.47. The van der Waals surface area contributed by atoms with E-state index in [-0.39, 0.29) is 6.04 Å². The number of amides is 2. The van der Waals surface area contributed by atoms with E-state index in [9.17, 15) is 4.79 Å². The second-order valence-electron chi connectivity index (χ2n) is 7.63. The van der Waals surface area contributed by atoms with Crippen molar-refractivity contribution < 1.29 is 9.53 Å². The number of urea groups is 1. The van der Waals surface area contributed by atoms with Crippen molar-refractivity contribution in [2.75, 3.05) is 5.32 Å². The normalized spacial score (nSPS) is 12.2. The number of nitrogens with two attached hydrogens (primary N) is 1. The lowest BCUT2D eigenvalue weighted by Crippen LogP contribution is -2.24. The Bertz CT molecular complexity index is 1140. The van der Waals surface area contributed by atoms with Crippen molar-refractivity contribution >= 4 is 34.2 Å². The molecule has 1 heterocycles. The first-order valence-corrected chi connectivity index (χ1v) is 10.4. The molecule has 3 rings (SSSR count). The lowest BCUT2D eigenvalue weighted by atomic mass is 10.0. The Morgan fingerprint density at radius 1 is 1.19 bits per heavy atom. The molecular formula is C24H27ClN4O2. The van der Waals surface area contributed by atoms with E-state index in [0.717, 1.165) is 39.0 Å². The summed E-state index contributed by atoms with van der Waals surface area (Å²) in [6, 6.07) is 9.23. The number of hydrogen-bond acceptors (Lipinski definition) is 4. The third-order valence-corrected chi connectivity index (χ3v) is 5.37. The van der Waals surface area contributed by atoms with Crippen LogP contribution in [0.2, 0.25) is 5.02 Å². The molecule has 0 spiro atoms. The maximum Gasteiger partial charge on any atom is 0.316 e. The average molecular weight is 439 g/mol. The highest BCUT2D eigenvalue weighted by Crippen LogP contribution is 2.39. The molecule has 6 nitrogen and oxygen atoms in total. The quantitative estimate of drug-likeness (QED) is 0.423. The fourth-order valence-electron chi connectivity index (χ4n) is 3.33. The Labute approximate surface area is 187 Å². The number of fused-ring (bicyclic) bond motifs is 1. The number of nitrogens with zero attached hydrogens (tertiary/aromatic N) is 1. The van der Waals surface area contributed by atoms with Crippen LogP contribution in [0, 0.1) is 20.8 Å². The number of benzene rings is 2. The maximum absolute atomic E-state index is 10.8. The number of aryl methyl sites for hydroxylation is 3. The van der Waals surface area contributed by atoms with Crippen LogP contribution >= 0.6 is 11.6 Å². The summed E-state index contributed by atoms with van der Waals surface area (Å²) in [7, 11) is 0. The molecule has 0 radical (unpaired) electrons. The molecule has 0 fully saturated rings. The van der Waals surface area contributed by atoms with Crippen LogP contribution in [0.15, 0.2) is 48.8 Å². The number of ether oxygens (including phenoxy) is 1. The van der Waals surface area contributed by atoms with Crippen LogP contribution < -0.4 is 21.1 Å². The highest BCUT2D eigenvalue weighted by atomic mass is 35.5. The summed E-state index contributed by atoms with van der Waals surface area (Å²) in [4.78, 5) is 15.4. The summed E-state index contributed by atoms with van der Waals surface area (Å²) in [6.45, 7) is 8.08. The van der Waals surface area contributed by atoms with E-state index in [1.54, 1.807) is 12.4 Å². The lowest BCUT2D eigenvalue weighted by Gasteiger charge is -2.20. The summed E-state index contributed by atoms with van der Waals surface area (Å²) in [5.74, 6) is 1.45. The van der Waals surface area contributed by atoms with Crippen molar-refractivity contribution in [2.45, 2.75) is 40.2 Å². The van der Waals surface area contributed by atoms with Gasteiger partial charge in [0.2, 0.25) is 0 Å². The Morgan fingerprint density at radius 3 is 2.68 bits per heavy atom. The highest BCUT2D eigenvalue weighted by Gasteiger charge is 2.16. The fraction of sp³-hybridized carbons (Fsp3) is 0.250. The van der Waals surface area contributed by atoms with Crippen LogP contribution in [0.4, 0.5) is 10.5 Å². The zero-order valence-electron chi connectivity index (χ0n) is 18.1. The van der Waals surface area contributed by atoms with Crippen LogP contribution in [0.3, 0.4) is 0 Å². The van der Waals surface area contributed by atoms with Gasteiger partial charge in [-0.05, 0) is 75.1 Å². The van der Waals surface area contributed by atoms with Gasteiger partial charge >= 0.3 is 6.03 Å². The molecule has 162 valence electrons. The molecule has 3 aromatic rings. The number of pyridine rings is 1. The molecule has 31 heavy (non-hydrogen) atoms. The van der Waals surface area contributed by atoms with Gasteiger partial charge < -0.3 is 21.1 Å². The van der Waals surface area contributed by atoms with Crippen molar-refractivity contribution in [3.63, 3.8) is 0 Å². The predicted octanol–water partition coefficient (Wildman–Crippen LogP) is 5.98. The lowest BCUT2D eigenvalue weighted by molar-refractivity contribution is 0.252. The average Bonchev–Trinajstić information content (AvgIpc) is 2.71. The highest BCUT2D eigenvalue weighted by molar-refractivity contribution is 6.31. The van der Waals surface area contributed by atoms with Gasteiger partial charge in [-0.25, -0.2) is 4.79 Å². The molecule has 0 saturated heterocycles. The van der Waals surface area contributed by atoms with Crippen LogP contribution in [0.5, 0.6) is 11.5 Å². The fourth-order valence-corrected chi connectivity index (χ4v) is 3.50. The van der Waals surface area contributed by atoms with Gasteiger partial charge in [-0.15, -0.1) is 0 Å². The van der Waals surface area contributed by atoms with Crippen LogP contribution in [-0.2, 0) is 0 Å². The van der Waals surface area contributed by atoms with Crippen molar-refractivity contribution in [2.24, 2.45) is 5.73 Å². The third-order valence-electron chi connectivity index (χ3n) is 4.96. The molecule has 1 atom stereocenters. The summed E-state index contributed by atoms with van der Waals surface area (Å²) in [5.41, 5.74) is 9.89. The number of primary amides is 1. The number of rotatable bonds is 7. The predicted molar refractivity (Wildman–Crippen MR) is 127 cm³/mol. The number of nitrogens with one attached hydrogen (secondary N) is 2. The molecule has 0 saturated carbocycles. The van der Waals surface area contributed by atoms with Gasteiger partial charge in [0.1, 0.15) is 11.5 Å². The van der Waals surface area contributed by atoms with E-state index in [1.165, 1.54) is 0 Å². The molecule has 7 heteroatoms. The minimum absolute atomic E-state index is 0.110. The first-order chi connectivity index (χ1) is 14.8. The van der Waals surface area contributed by atoms with Crippen LogP contribution in [0.1, 0.15) is 30.0 Å². The molecule has 0 aliphatic rings. The number of anilines is 1. The molecule has 0 bridgehead atoms. The zero-order valence-corrected chi connectivity index (χ0v) is 18.9. The summed E-state index contributed by atoms with van der Waals surface area (Å²) < 4.78 is 6.29. The van der Waals surface area contributed by atoms with Gasteiger partial charge in [0, 0.05) is 28.8 Å². The van der Waals surface area contributed by atoms with E-state index < -0.39 is 6.03 Å². The van der Waals surface area contributed by atoms with Gasteiger partial charge in [-0.3, -0.25) is 4.98 Å². The van der Waals surface area contributed by atoms with E-state index in [4.69, 9.17) is 22.1 Å². The topological polar surface area (TPSA) is 89.3 Å². The molecule has 0 aliphatic carbocycles. The minimum atomic E-state index is -0.580. The number of carbonyl (C=O) groups is 1. The Morgan fingerprint density at radius 2 is 1.97 bits per heavy atom. The Hall–Kier alpha value is -3.25. The van der Waals surface area contributed by atoms with Crippen LogP contribution in [0.25, 0.3) is 10.9 Å².